The van der Waals surface area contributed by atoms with Gasteiger partial charge in [-0.3, -0.25) is 14.6 Å². The van der Waals surface area contributed by atoms with Gasteiger partial charge in [0, 0.05) is 24.4 Å². The fourth-order valence-corrected chi connectivity index (χ4v) is 5.30. The number of nitrogens with zero attached hydrogens (tertiary/aromatic N) is 3. The molecule has 7 nitrogen and oxygen atoms in total. The summed E-state index contributed by atoms with van der Waals surface area (Å²) in [5, 5.41) is 3.32. The molecule has 1 aliphatic heterocycles. The topological polar surface area (TPSA) is 80.4 Å². The number of hydrogen-bond donors (Lipinski definition) is 1. The number of furan rings is 1. The molecule has 0 spiro atoms. The molecule has 4 heterocycles. The van der Waals surface area contributed by atoms with Crippen LogP contribution in [0.4, 0.5) is 0 Å². The first kappa shape index (κ1) is 21.7. The number of hydrogen-bond acceptors (Lipinski definition) is 4. The largest absolute Gasteiger partial charge is 0.460 e. The number of aryl methyl sites for hydroxylation is 1. The highest BCUT2D eigenvalue weighted by Gasteiger charge is 2.48. The maximum absolute atomic E-state index is 13.8. The van der Waals surface area contributed by atoms with E-state index >= 15 is 0 Å². The lowest BCUT2D eigenvalue weighted by Gasteiger charge is -2.44. The summed E-state index contributed by atoms with van der Waals surface area (Å²) in [7, 11) is 0. The van der Waals surface area contributed by atoms with Gasteiger partial charge in [-0.1, -0.05) is 38.2 Å². The van der Waals surface area contributed by atoms with E-state index in [1.54, 1.807) is 17.2 Å². The van der Waals surface area contributed by atoms with Crippen molar-refractivity contribution in [1.82, 2.24) is 19.8 Å². The lowest BCUT2D eigenvalue weighted by molar-refractivity contribution is -0.134. The summed E-state index contributed by atoms with van der Waals surface area (Å²) >= 11 is 0. The van der Waals surface area contributed by atoms with Gasteiger partial charge in [-0.05, 0) is 38.8 Å². The number of carbonyl (C=O) groups is 2. The van der Waals surface area contributed by atoms with Gasteiger partial charge in [0.05, 0.1) is 24.3 Å². The van der Waals surface area contributed by atoms with Gasteiger partial charge in [0.1, 0.15) is 17.0 Å². The van der Waals surface area contributed by atoms with Gasteiger partial charge in [-0.25, -0.2) is 0 Å². The zero-order valence-electron chi connectivity index (χ0n) is 19.5. The van der Waals surface area contributed by atoms with Crippen LogP contribution in [0.15, 0.2) is 40.9 Å². The Morgan fingerprint density at radius 3 is 2.67 bits per heavy atom. The van der Waals surface area contributed by atoms with Gasteiger partial charge >= 0.3 is 0 Å². The predicted molar refractivity (Wildman–Crippen MR) is 126 cm³/mol. The summed E-state index contributed by atoms with van der Waals surface area (Å²) in [6, 6.07) is 9.54. The molecular weight excluding hydrogens is 416 g/mol. The molecule has 0 saturated heterocycles. The minimum Gasteiger partial charge on any atom is -0.460 e. The molecule has 3 aromatic rings. The zero-order chi connectivity index (χ0) is 23.0. The lowest BCUT2D eigenvalue weighted by Crippen LogP contribution is -2.64. The molecule has 1 atom stereocenters. The molecule has 2 amide bonds. The third-order valence-corrected chi connectivity index (χ3v) is 7.21. The van der Waals surface area contributed by atoms with Crippen LogP contribution in [0.1, 0.15) is 73.8 Å². The summed E-state index contributed by atoms with van der Waals surface area (Å²) in [4.78, 5) is 33.7. The van der Waals surface area contributed by atoms with Crippen molar-refractivity contribution in [2.75, 3.05) is 0 Å². The molecule has 2 aliphatic rings. The van der Waals surface area contributed by atoms with Crippen molar-refractivity contribution in [2.45, 2.75) is 83.5 Å². The summed E-state index contributed by atoms with van der Waals surface area (Å²) in [5.41, 5.74) is 1.81. The molecule has 0 bridgehead atoms. The highest BCUT2D eigenvalue weighted by atomic mass is 16.3. The fraction of sp³-hybridized carbons (Fsp3) is 0.500. The van der Waals surface area contributed by atoms with E-state index in [0.717, 1.165) is 42.7 Å². The smallest absolute Gasteiger partial charge is 0.271 e. The molecular formula is C26H32N4O3. The molecule has 3 aromatic heterocycles. The average molecular weight is 449 g/mol. The van der Waals surface area contributed by atoms with Gasteiger partial charge in [-0.15, -0.1) is 0 Å². The molecule has 1 saturated carbocycles. The molecule has 0 unspecified atom stereocenters. The third-order valence-electron chi connectivity index (χ3n) is 7.21. The Morgan fingerprint density at radius 1 is 1.18 bits per heavy atom. The Kier molecular flexibility index (Phi) is 5.72. The van der Waals surface area contributed by atoms with Crippen LogP contribution in [0.5, 0.6) is 0 Å². The fourth-order valence-electron chi connectivity index (χ4n) is 5.30. The normalized spacial score (nSPS) is 22.1. The van der Waals surface area contributed by atoms with Gasteiger partial charge < -0.3 is 19.2 Å². The van der Waals surface area contributed by atoms with E-state index in [2.05, 4.69) is 10.3 Å². The van der Waals surface area contributed by atoms with E-state index < -0.39 is 5.54 Å². The summed E-state index contributed by atoms with van der Waals surface area (Å²) in [6.07, 6.45) is 9.70. The molecule has 1 N–H and O–H groups in total. The second-order valence-electron chi connectivity index (χ2n) is 9.72. The van der Waals surface area contributed by atoms with Gasteiger partial charge in [0.25, 0.3) is 5.91 Å². The molecule has 33 heavy (non-hydrogen) atoms. The van der Waals surface area contributed by atoms with Crippen LogP contribution in [0.25, 0.3) is 11.1 Å². The second-order valence-corrected chi connectivity index (χ2v) is 9.72. The summed E-state index contributed by atoms with van der Waals surface area (Å²) < 4.78 is 7.74. The lowest BCUT2D eigenvalue weighted by atomic mass is 9.92. The van der Waals surface area contributed by atoms with Crippen molar-refractivity contribution in [3.8, 4) is 0 Å². The Morgan fingerprint density at radius 2 is 1.94 bits per heavy atom. The van der Waals surface area contributed by atoms with Gasteiger partial charge in [0.2, 0.25) is 5.91 Å². The van der Waals surface area contributed by atoms with E-state index in [4.69, 9.17) is 4.42 Å². The zero-order valence-corrected chi connectivity index (χ0v) is 19.5. The standard InChI is InChI=1S/C26H32N4O3/c1-18-14-21-23(33-18)15-22-24(31)30(16-20-12-8-9-13-27-20)26(2,17-29(21)22)25(32)28-19-10-6-4-3-5-7-11-19/h8-9,12-15,19H,3-7,10-11,16-17H2,1-2H3,(H,28,32)/t26-/m0/s1. The van der Waals surface area contributed by atoms with Crippen LogP contribution < -0.4 is 5.32 Å². The second kappa shape index (κ2) is 8.69. The Hall–Kier alpha value is -3.09. The first-order valence-corrected chi connectivity index (χ1v) is 12.1. The van der Waals surface area contributed by atoms with Crippen LogP contribution in [-0.2, 0) is 17.9 Å². The van der Waals surface area contributed by atoms with E-state index in [-0.39, 0.29) is 24.4 Å². The number of carbonyl (C=O) groups excluding carboxylic acids is 2. The Balaban J connectivity index is 1.50. The quantitative estimate of drug-likeness (QED) is 0.633. The average Bonchev–Trinajstić information content (AvgIpc) is 3.30. The van der Waals surface area contributed by atoms with Crippen molar-refractivity contribution in [2.24, 2.45) is 0 Å². The van der Waals surface area contributed by atoms with Gasteiger partial charge in [0.15, 0.2) is 5.58 Å². The van der Waals surface area contributed by atoms with Crippen molar-refractivity contribution in [3.05, 3.63) is 53.7 Å². The molecule has 1 fully saturated rings. The molecule has 7 heteroatoms. The third kappa shape index (κ3) is 4.05. The number of amides is 2. The van der Waals surface area contributed by atoms with Gasteiger partial charge in [-0.2, -0.15) is 0 Å². The Bertz CT molecular complexity index is 1160. The van der Waals surface area contributed by atoms with Crippen LogP contribution >= 0.6 is 0 Å². The molecule has 5 rings (SSSR count). The summed E-state index contributed by atoms with van der Waals surface area (Å²) in [6.45, 7) is 4.43. The Labute approximate surface area is 194 Å². The molecule has 1 aliphatic carbocycles. The van der Waals surface area contributed by atoms with Crippen LogP contribution in [0.3, 0.4) is 0 Å². The number of nitrogens with one attached hydrogen (secondary N) is 1. The SMILES string of the molecule is Cc1cc2c(cc3n2C[C@@](C)(C(=O)NC2CCCCCCC2)N(Cc2ccccn2)C3=O)o1. The molecule has 0 aromatic carbocycles. The maximum Gasteiger partial charge on any atom is 0.271 e. The van der Waals surface area contributed by atoms with Crippen molar-refractivity contribution < 1.29 is 14.0 Å². The minimum absolute atomic E-state index is 0.0925. The monoisotopic (exact) mass is 448 g/mol. The van der Waals surface area contributed by atoms with E-state index in [0.29, 0.717) is 17.8 Å². The number of fused-ring (bicyclic) bond motifs is 3. The molecule has 0 radical (unpaired) electrons. The molecule has 174 valence electrons. The number of aromatic nitrogens is 2. The van der Waals surface area contributed by atoms with Crippen molar-refractivity contribution >= 4 is 22.9 Å². The first-order valence-electron chi connectivity index (χ1n) is 12.1. The van der Waals surface area contributed by atoms with E-state index in [1.165, 1.54) is 19.3 Å². The van der Waals surface area contributed by atoms with E-state index in [1.807, 2.05) is 42.7 Å². The highest BCUT2D eigenvalue weighted by Crippen LogP contribution is 2.34. The van der Waals surface area contributed by atoms with E-state index in [9.17, 15) is 9.59 Å². The first-order chi connectivity index (χ1) is 16.0. The predicted octanol–water partition coefficient (Wildman–Crippen LogP) is 4.58. The van der Waals surface area contributed by atoms with Crippen molar-refractivity contribution in [3.63, 3.8) is 0 Å². The number of pyridine rings is 1. The van der Waals surface area contributed by atoms with Crippen molar-refractivity contribution in [1.29, 1.82) is 0 Å². The summed E-state index contributed by atoms with van der Waals surface area (Å²) in [5.74, 6) is 0.524. The number of rotatable bonds is 4. The maximum atomic E-state index is 13.8. The van der Waals surface area contributed by atoms with Crippen LogP contribution in [0.2, 0.25) is 0 Å². The highest BCUT2D eigenvalue weighted by molar-refractivity contribution is 6.03. The van der Waals surface area contributed by atoms with Crippen LogP contribution in [0, 0.1) is 6.92 Å². The van der Waals surface area contributed by atoms with Crippen LogP contribution in [-0.4, -0.2) is 37.8 Å². The minimum atomic E-state index is -1.04.